The van der Waals surface area contributed by atoms with Crippen LogP contribution in [0.3, 0.4) is 0 Å². The lowest BCUT2D eigenvalue weighted by Crippen LogP contribution is -2.33. The van der Waals surface area contributed by atoms with Gasteiger partial charge in [0.05, 0.1) is 6.04 Å². The highest BCUT2D eigenvalue weighted by molar-refractivity contribution is 5.77. The molecule has 0 bridgehead atoms. The van der Waals surface area contributed by atoms with Crippen LogP contribution in [0.5, 0.6) is 0 Å². The van der Waals surface area contributed by atoms with Crippen LogP contribution in [0.15, 0.2) is 18.5 Å². The van der Waals surface area contributed by atoms with Crippen LogP contribution in [0.4, 0.5) is 0 Å². The number of aryl methyl sites for hydroxylation is 1. The van der Waals surface area contributed by atoms with Crippen molar-refractivity contribution in [3.05, 3.63) is 24.3 Å². The number of allylic oxidation sites excluding steroid dienone is 1. The second-order valence-electron chi connectivity index (χ2n) is 4.61. The molecule has 1 N–H and O–H groups in total. The molecule has 0 fully saturated rings. The van der Waals surface area contributed by atoms with Crippen molar-refractivity contribution in [2.45, 2.75) is 39.7 Å². The van der Waals surface area contributed by atoms with Gasteiger partial charge in [0.15, 0.2) is 0 Å². The molecular formula is C13H22N4O. The van der Waals surface area contributed by atoms with Crippen molar-refractivity contribution < 1.29 is 4.79 Å². The molecule has 0 saturated heterocycles. The second kappa shape index (κ2) is 6.93. The summed E-state index contributed by atoms with van der Waals surface area (Å²) in [4.78, 5) is 16.0. The Labute approximate surface area is 108 Å². The lowest BCUT2D eigenvalue weighted by Gasteiger charge is -2.21. The van der Waals surface area contributed by atoms with Gasteiger partial charge < -0.3 is 5.32 Å². The maximum absolute atomic E-state index is 11.8. The predicted molar refractivity (Wildman–Crippen MR) is 70.8 cm³/mol. The molecule has 0 aliphatic heterocycles. The molecule has 18 heavy (non-hydrogen) atoms. The van der Waals surface area contributed by atoms with Gasteiger partial charge in [0.25, 0.3) is 0 Å². The van der Waals surface area contributed by atoms with Crippen molar-refractivity contribution in [2.24, 2.45) is 13.0 Å². The van der Waals surface area contributed by atoms with Gasteiger partial charge in [-0.05, 0) is 12.3 Å². The van der Waals surface area contributed by atoms with Crippen LogP contribution in [0.25, 0.3) is 0 Å². The zero-order chi connectivity index (χ0) is 13.5. The molecular weight excluding hydrogens is 228 g/mol. The fraction of sp³-hybridized carbons (Fsp3) is 0.615. The van der Waals surface area contributed by atoms with E-state index < -0.39 is 0 Å². The fourth-order valence-electron chi connectivity index (χ4n) is 1.71. The third-order valence-corrected chi connectivity index (χ3v) is 2.71. The predicted octanol–water partition coefficient (Wildman–Crippen LogP) is 1.98. The number of hydrogen-bond acceptors (Lipinski definition) is 3. The molecule has 1 amide bonds. The highest BCUT2D eigenvalue weighted by Gasteiger charge is 2.21. The van der Waals surface area contributed by atoms with Crippen molar-refractivity contribution in [3.8, 4) is 0 Å². The first-order valence-corrected chi connectivity index (χ1v) is 6.34. The number of carbonyl (C=O) groups excluding carboxylic acids is 1. The Morgan fingerprint density at radius 2 is 2.22 bits per heavy atom. The Hall–Kier alpha value is -1.65. The zero-order valence-electron chi connectivity index (χ0n) is 11.6. The van der Waals surface area contributed by atoms with Gasteiger partial charge >= 0.3 is 0 Å². The van der Waals surface area contributed by atoms with E-state index in [1.807, 2.05) is 26.1 Å². The molecule has 1 unspecified atom stereocenters. The van der Waals surface area contributed by atoms with E-state index in [1.54, 1.807) is 4.68 Å². The molecule has 0 aromatic carbocycles. The van der Waals surface area contributed by atoms with Crippen LogP contribution in [0, 0.1) is 5.92 Å². The van der Waals surface area contributed by atoms with Gasteiger partial charge in [-0.1, -0.05) is 32.9 Å². The van der Waals surface area contributed by atoms with Gasteiger partial charge in [-0.2, -0.15) is 5.10 Å². The van der Waals surface area contributed by atoms with Gasteiger partial charge in [-0.25, -0.2) is 4.98 Å². The van der Waals surface area contributed by atoms with Gasteiger partial charge in [-0.15, -0.1) is 0 Å². The van der Waals surface area contributed by atoms with E-state index in [1.165, 1.54) is 6.33 Å². The Kier molecular flexibility index (Phi) is 5.55. The molecule has 100 valence electrons. The zero-order valence-corrected chi connectivity index (χ0v) is 11.6. The number of aromatic nitrogens is 3. The van der Waals surface area contributed by atoms with Gasteiger partial charge in [0, 0.05) is 13.5 Å². The van der Waals surface area contributed by atoms with E-state index >= 15 is 0 Å². The first-order chi connectivity index (χ1) is 8.56. The molecule has 1 heterocycles. The quantitative estimate of drug-likeness (QED) is 0.785. The SMILES string of the molecule is CC/C=C/CC(=O)NC(c1ncnn1C)C(C)C. The van der Waals surface area contributed by atoms with Crippen molar-refractivity contribution in [2.75, 3.05) is 0 Å². The summed E-state index contributed by atoms with van der Waals surface area (Å²) in [6, 6.07) is -0.0972. The maximum Gasteiger partial charge on any atom is 0.224 e. The highest BCUT2D eigenvalue weighted by Crippen LogP contribution is 2.18. The Bertz CT molecular complexity index is 409. The standard InChI is InChI=1S/C13H22N4O/c1-5-6-7-8-11(18)16-12(10(2)3)13-14-9-15-17(13)4/h6-7,9-10,12H,5,8H2,1-4H3,(H,16,18)/b7-6+. The summed E-state index contributed by atoms with van der Waals surface area (Å²) in [5, 5.41) is 7.05. The third-order valence-electron chi connectivity index (χ3n) is 2.71. The summed E-state index contributed by atoms with van der Waals surface area (Å²) in [5.41, 5.74) is 0. The summed E-state index contributed by atoms with van der Waals surface area (Å²) >= 11 is 0. The first kappa shape index (κ1) is 14.4. The largest absolute Gasteiger partial charge is 0.346 e. The van der Waals surface area contributed by atoms with Crippen molar-refractivity contribution in [1.82, 2.24) is 20.1 Å². The number of carbonyl (C=O) groups is 1. The number of nitrogens with zero attached hydrogens (tertiary/aromatic N) is 3. The van der Waals surface area contributed by atoms with Crippen LogP contribution in [-0.4, -0.2) is 20.7 Å². The monoisotopic (exact) mass is 250 g/mol. The van der Waals surface area contributed by atoms with Crippen LogP contribution in [0.2, 0.25) is 0 Å². The highest BCUT2D eigenvalue weighted by atomic mass is 16.1. The normalized spacial score (nSPS) is 13.2. The molecule has 0 radical (unpaired) electrons. The van der Waals surface area contributed by atoms with Crippen molar-refractivity contribution in [3.63, 3.8) is 0 Å². The Balaban J connectivity index is 2.68. The molecule has 0 aliphatic rings. The lowest BCUT2D eigenvalue weighted by atomic mass is 10.0. The number of rotatable bonds is 6. The molecule has 5 nitrogen and oxygen atoms in total. The molecule has 1 aromatic rings. The smallest absolute Gasteiger partial charge is 0.224 e. The third kappa shape index (κ3) is 3.98. The summed E-state index contributed by atoms with van der Waals surface area (Å²) in [5.74, 6) is 1.08. The average molecular weight is 250 g/mol. The summed E-state index contributed by atoms with van der Waals surface area (Å²) in [6.07, 6.45) is 6.75. The lowest BCUT2D eigenvalue weighted by molar-refractivity contribution is -0.121. The fourth-order valence-corrected chi connectivity index (χ4v) is 1.71. The average Bonchev–Trinajstić information content (AvgIpc) is 2.72. The number of nitrogens with one attached hydrogen (secondary N) is 1. The van der Waals surface area contributed by atoms with E-state index in [0.717, 1.165) is 12.2 Å². The van der Waals surface area contributed by atoms with E-state index in [0.29, 0.717) is 6.42 Å². The first-order valence-electron chi connectivity index (χ1n) is 6.34. The Morgan fingerprint density at radius 3 is 2.72 bits per heavy atom. The summed E-state index contributed by atoms with van der Waals surface area (Å²) < 4.78 is 1.70. The minimum atomic E-state index is -0.0972. The van der Waals surface area contributed by atoms with E-state index in [4.69, 9.17) is 0 Å². The molecule has 1 aromatic heterocycles. The minimum absolute atomic E-state index is 0.0152. The minimum Gasteiger partial charge on any atom is -0.346 e. The summed E-state index contributed by atoms with van der Waals surface area (Å²) in [7, 11) is 1.83. The van der Waals surface area contributed by atoms with Crippen LogP contribution in [0.1, 0.15) is 45.5 Å². The van der Waals surface area contributed by atoms with Gasteiger partial charge in [-0.3, -0.25) is 9.48 Å². The molecule has 5 heteroatoms. The number of hydrogen-bond donors (Lipinski definition) is 1. The summed E-state index contributed by atoms with van der Waals surface area (Å²) in [6.45, 7) is 6.16. The van der Waals surface area contributed by atoms with Crippen LogP contribution >= 0.6 is 0 Å². The van der Waals surface area contributed by atoms with E-state index in [-0.39, 0.29) is 17.9 Å². The molecule has 0 saturated carbocycles. The van der Waals surface area contributed by atoms with Crippen LogP contribution < -0.4 is 5.32 Å². The van der Waals surface area contributed by atoms with Crippen molar-refractivity contribution in [1.29, 1.82) is 0 Å². The maximum atomic E-state index is 11.8. The van der Waals surface area contributed by atoms with Gasteiger partial charge in [0.2, 0.25) is 5.91 Å². The Morgan fingerprint density at radius 1 is 1.50 bits per heavy atom. The topological polar surface area (TPSA) is 59.8 Å². The van der Waals surface area contributed by atoms with Crippen LogP contribution in [-0.2, 0) is 11.8 Å². The molecule has 1 atom stereocenters. The molecule has 0 spiro atoms. The molecule has 1 rings (SSSR count). The van der Waals surface area contributed by atoms with Gasteiger partial charge in [0.1, 0.15) is 12.2 Å². The van der Waals surface area contributed by atoms with E-state index in [2.05, 4.69) is 29.2 Å². The van der Waals surface area contributed by atoms with E-state index in [9.17, 15) is 4.79 Å². The molecule has 0 aliphatic carbocycles. The number of amides is 1. The second-order valence-corrected chi connectivity index (χ2v) is 4.61. The van der Waals surface area contributed by atoms with Crippen molar-refractivity contribution >= 4 is 5.91 Å².